The normalized spacial score (nSPS) is 12.1. The molecule has 0 radical (unpaired) electrons. The molecule has 0 aromatic heterocycles. The van der Waals surface area contributed by atoms with E-state index in [1.165, 1.54) is 5.56 Å². The summed E-state index contributed by atoms with van der Waals surface area (Å²) in [6.07, 6.45) is 10.4. The summed E-state index contributed by atoms with van der Waals surface area (Å²) in [6.45, 7) is 12.3. The maximum absolute atomic E-state index is 5.94. The summed E-state index contributed by atoms with van der Waals surface area (Å²) in [5.41, 5.74) is 2.48. The second kappa shape index (κ2) is 15.9. The minimum atomic E-state index is 0.409. The Bertz CT molecular complexity index is 746. The molecule has 0 saturated heterocycles. The van der Waals surface area contributed by atoms with Crippen molar-refractivity contribution in [2.45, 2.75) is 58.4 Å². The van der Waals surface area contributed by atoms with Crippen molar-refractivity contribution in [2.24, 2.45) is 10.9 Å². The van der Waals surface area contributed by atoms with Crippen molar-refractivity contribution >= 4 is 28.9 Å². The molecule has 3 heteroatoms. The molecule has 30 heavy (non-hydrogen) atoms. The van der Waals surface area contributed by atoms with E-state index in [9.17, 15) is 0 Å². The van der Waals surface area contributed by atoms with Crippen molar-refractivity contribution in [3.63, 3.8) is 0 Å². The van der Waals surface area contributed by atoms with E-state index in [0.29, 0.717) is 12.0 Å². The van der Waals surface area contributed by atoms with Crippen LogP contribution in [0, 0.1) is 5.92 Å². The summed E-state index contributed by atoms with van der Waals surface area (Å²) in [5.74, 6) is 0.429. The van der Waals surface area contributed by atoms with Gasteiger partial charge in [-0.15, -0.1) is 6.58 Å². The van der Waals surface area contributed by atoms with Crippen molar-refractivity contribution in [1.29, 1.82) is 0 Å². The van der Waals surface area contributed by atoms with Gasteiger partial charge in [0.1, 0.15) is 0 Å². The van der Waals surface area contributed by atoms with Gasteiger partial charge in [0.15, 0.2) is 0 Å². The lowest BCUT2D eigenvalue weighted by molar-refractivity contribution is 0.579. The fraction of sp³-hybridized carbons (Fsp3) is 0.370. The minimum absolute atomic E-state index is 0.409. The van der Waals surface area contributed by atoms with Gasteiger partial charge in [0, 0.05) is 27.7 Å². The third kappa shape index (κ3) is 10.8. The van der Waals surface area contributed by atoms with Gasteiger partial charge >= 0.3 is 0 Å². The van der Waals surface area contributed by atoms with Crippen LogP contribution in [0.3, 0.4) is 0 Å². The second-order valence-corrected chi connectivity index (χ2v) is 8.14. The molecule has 2 rings (SSSR count). The van der Waals surface area contributed by atoms with E-state index in [1.807, 2.05) is 54.6 Å². The molecule has 0 aliphatic heterocycles. The third-order valence-electron chi connectivity index (χ3n) is 5.02. The van der Waals surface area contributed by atoms with Crippen LogP contribution in [-0.4, -0.2) is 11.8 Å². The molecule has 2 aromatic rings. The highest BCUT2D eigenvalue weighted by Gasteiger charge is 2.14. The van der Waals surface area contributed by atoms with Gasteiger partial charge in [-0.05, 0) is 74.4 Å². The molecule has 0 amide bonds. The van der Waals surface area contributed by atoms with Crippen molar-refractivity contribution in [2.75, 3.05) is 0 Å². The number of hydrogen-bond acceptors (Lipinski definition) is 1. The maximum Gasteiger partial charge on any atom is 0.0497 e. The van der Waals surface area contributed by atoms with Crippen molar-refractivity contribution in [3.05, 3.63) is 95.5 Å². The summed E-state index contributed by atoms with van der Waals surface area (Å²) >= 11 is 11.5. The van der Waals surface area contributed by atoms with Crippen molar-refractivity contribution < 1.29 is 0 Å². The van der Waals surface area contributed by atoms with Crippen molar-refractivity contribution in [3.8, 4) is 0 Å². The molecule has 0 saturated carbocycles. The van der Waals surface area contributed by atoms with Crippen LogP contribution in [0.1, 0.15) is 51.5 Å². The maximum atomic E-state index is 5.94. The summed E-state index contributed by atoms with van der Waals surface area (Å²) in [4.78, 5) is 4.92. The minimum Gasteiger partial charge on any atom is -0.286 e. The van der Waals surface area contributed by atoms with Crippen LogP contribution in [0.15, 0.2) is 84.9 Å². The molecular weight excluding hydrogens is 409 g/mol. The Kier molecular flexibility index (Phi) is 13.9. The molecule has 0 fully saturated rings. The monoisotopic (exact) mass is 443 g/mol. The Hall–Kier alpha value is -1.83. The van der Waals surface area contributed by atoms with Crippen LogP contribution in [0.2, 0.25) is 10.0 Å². The zero-order chi connectivity index (χ0) is 22.2. The Labute approximate surface area is 193 Å². The number of aryl methyl sites for hydroxylation is 1. The molecule has 0 aliphatic rings. The lowest BCUT2D eigenvalue weighted by Gasteiger charge is -2.18. The highest BCUT2D eigenvalue weighted by molar-refractivity contribution is 6.30. The van der Waals surface area contributed by atoms with E-state index in [-0.39, 0.29) is 0 Å². The molecule has 1 nitrogen and oxygen atoms in total. The Morgan fingerprint density at radius 3 is 2.00 bits per heavy atom. The smallest absolute Gasteiger partial charge is 0.0497 e. The molecule has 0 heterocycles. The zero-order valence-corrected chi connectivity index (χ0v) is 19.9. The number of aliphatic imine (C=N–C) groups is 1. The van der Waals surface area contributed by atoms with Gasteiger partial charge < -0.3 is 0 Å². The zero-order valence-electron chi connectivity index (χ0n) is 18.4. The fourth-order valence-corrected chi connectivity index (χ4v) is 3.48. The molecule has 0 bridgehead atoms. The lowest BCUT2D eigenvalue weighted by Crippen LogP contribution is -2.16. The lowest BCUT2D eigenvalue weighted by atomic mass is 9.91. The Morgan fingerprint density at radius 2 is 1.53 bits per heavy atom. The number of rotatable bonds is 11. The molecule has 0 aliphatic carbocycles. The van der Waals surface area contributed by atoms with E-state index in [4.69, 9.17) is 28.2 Å². The number of benzene rings is 2. The molecule has 2 aromatic carbocycles. The number of halogens is 2. The second-order valence-electron chi connectivity index (χ2n) is 7.26. The largest absolute Gasteiger partial charge is 0.286 e. The quantitative estimate of drug-likeness (QED) is 0.242. The molecule has 1 unspecified atom stereocenters. The highest BCUT2D eigenvalue weighted by Crippen LogP contribution is 2.20. The van der Waals surface area contributed by atoms with E-state index < -0.39 is 0 Å². The predicted octanol–water partition coefficient (Wildman–Crippen LogP) is 9.01. The summed E-state index contributed by atoms with van der Waals surface area (Å²) in [6, 6.07) is 18.0. The Morgan fingerprint density at radius 1 is 0.933 bits per heavy atom. The van der Waals surface area contributed by atoms with E-state index in [1.54, 1.807) is 0 Å². The molecule has 0 N–H and O–H groups in total. The molecule has 1 atom stereocenters. The van der Waals surface area contributed by atoms with Crippen LogP contribution in [-0.2, 0) is 6.42 Å². The van der Waals surface area contributed by atoms with E-state index in [2.05, 4.69) is 39.1 Å². The van der Waals surface area contributed by atoms with Crippen LogP contribution in [0.4, 0.5) is 0 Å². The number of hydrogen-bond donors (Lipinski definition) is 0. The number of nitrogens with zero attached hydrogens (tertiary/aromatic N) is 1. The van der Waals surface area contributed by atoms with Gasteiger partial charge in [-0.1, -0.05) is 80.0 Å². The molecular formula is C27H35Cl2N. The van der Waals surface area contributed by atoms with Gasteiger partial charge in [0.2, 0.25) is 0 Å². The number of allylic oxidation sites excluding steroid dienone is 2. The highest BCUT2D eigenvalue weighted by atomic mass is 35.5. The van der Waals surface area contributed by atoms with Crippen molar-refractivity contribution in [1.82, 2.24) is 0 Å². The molecule has 0 spiro atoms. The predicted molar refractivity (Wildman–Crippen MR) is 136 cm³/mol. The van der Waals surface area contributed by atoms with E-state index in [0.717, 1.165) is 54.3 Å². The fourth-order valence-electron chi connectivity index (χ4n) is 3.21. The first-order chi connectivity index (χ1) is 14.5. The van der Waals surface area contributed by atoms with Gasteiger partial charge in [0.25, 0.3) is 0 Å². The SMILES string of the molecule is C=CCC(CCCc1ccc(Cl)cc1)C(C=C)=NC(CC)CC.Clc1ccccc1. The average Bonchev–Trinajstić information content (AvgIpc) is 2.77. The Balaban J connectivity index is 0.000000539. The average molecular weight is 444 g/mol. The van der Waals surface area contributed by atoms with Gasteiger partial charge in [-0.3, -0.25) is 4.99 Å². The third-order valence-corrected chi connectivity index (χ3v) is 5.52. The first-order valence-corrected chi connectivity index (χ1v) is 11.6. The van der Waals surface area contributed by atoms with Crippen LogP contribution in [0.25, 0.3) is 0 Å². The van der Waals surface area contributed by atoms with Gasteiger partial charge in [-0.25, -0.2) is 0 Å². The topological polar surface area (TPSA) is 12.4 Å². The summed E-state index contributed by atoms with van der Waals surface area (Å²) < 4.78 is 0. The summed E-state index contributed by atoms with van der Waals surface area (Å²) in [5, 5.41) is 1.59. The first kappa shape index (κ1) is 26.2. The standard InChI is InChI=1S/C21H30ClN.C6H5Cl/c1-5-10-18(21(8-4)23-20(6-2)7-3)12-9-11-17-13-15-19(22)16-14-17;7-6-4-2-1-3-5-6/h5,8,13-16,18,20H,1,4,6-7,9-12H2,2-3H3;1-5H. The van der Waals surface area contributed by atoms with Crippen LogP contribution in [0.5, 0.6) is 0 Å². The van der Waals surface area contributed by atoms with Crippen LogP contribution >= 0.6 is 23.2 Å². The van der Waals surface area contributed by atoms with Gasteiger partial charge in [-0.2, -0.15) is 0 Å². The first-order valence-electron chi connectivity index (χ1n) is 10.8. The van der Waals surface area contributed by atoms with Gasteiger partial charge in [0.05, 0.1) is 0 Å². The summed E-state index contributed by atoms with van der Waals surface area (Å²) in [7, 11) is 0. The van der Waals surface area contributed by atoms with Crippen LogP contribution < -0.4 is 0 Å². The molecule has 162 valence electrons. The van der Waals surface area contributed by atoms with E-state index >= 15 is 0 Å².